The number of nitrogens with one attached hydrogen (secondary N) is 1. The van der Waals surface area contributed by atoms with Gasteiger partial charge in [-0.25, -0.2) is 4.79 Å². The van der Waals surface area contributed by atoms with Crippen molar-refractivity contribution in [3.05, 3.63) is 68.8 Å². The molecule has 144 valence electrons. The van der Waals surface area contributed by atoms with Crippen molar-refractivity contribution in [1.29, 1.82) is 0 Å². The van der Waals surface area contributed by atoms with Gasteiger partial charge in [0.05, 0.1) is 19.1 Å². The lowest BCUT2D eigenvalue weighted by Gasteiger charge is -2.17. The lowest BCUT2D eigenvalue weighted by atomic mass is 10.0. The third-order valence-electron chi connectivity index (χ3n) is 3.77. The molecule has 2 aromatic rings. The molecule has 0 aliphatic rings. The molecule has 1 atom stereocenters. The summed E-state index contributed by atoms with van der Waals surface area (Å²) >= 11 is 2.13. The van der Waals surface area contributed by atoms with E-state index in [1.165, 1.54) is 19.2 Å². The molecular formula is C19H17F3INO3. The highest BCUT2D eigenvalue weighted by molar-refractivity contribution is 14.1. The molecule has 0 aliphatic carbocycles. The van der Waals surface area contributed by atoms with Gasteiger partial charge in [-0.3, -0.25) is 4.79 Å². The van der Waals surface area contributed by atoms with Crippen molar-refractivity contribution in [3.63, 3.8) is 0 Å². The molecule has 0 aromatic heterocycles. The first kappa shape index (κ1) is 21.2. The van der Waals surface area contributed by atoms with Crippen LogP contribution in [0.25, 0.3) is 0 Å². The molecule has 4 nitrogen and oxygen atoms in total. The van der Waals surface area contributed by atoms with E-state index >= 15 is 0 Å². The Morgan fingerprint density at radius 1 is 1.11 bits per heavy atom. The van der Waals surface area contributed by atoms with Crippen molar-refractivity contribution in [2.75, 3.05) is 7.11 Å². The van der Waals surface area contributed by atoms with E-state index < -0.39 is 29.7 Å². The summed E-state index contributed by atoms with van der Waals surface area (Å²) in [5.74, 6) is -1.18. The second-order valence-electron chi connectivity index (χ2n) is 5.85. The zero-order valence-corrected chi connectivity index (χ0v) is 16.5. The van der Waals surface area contributed by atoms with E-state index in [4.69, 9.17) is 4.74 Å². The number of amides is 1. The Bertz CT molecular complexity index is 824. The highest BCUT2D eigenvalue weighted by Gasteiger charge is 2.30. The van der Waals surface area contributed by atoms with Crippen LogP contribution < -0.4 is 5.32 Å². The normalized spacial score (nSPS) is 12.3. The Kier molecular flexibility index (Phi) is 7.23. The topological polar surface area (TPSA) is 55.4 Å². The monoisotopic (exact) mass is 491 g/mol. The van der Waals surface area contributed by atoms with Gasteiger partial charge in [-0.2, -0.15) is 13.2 Å². The second-order valence-corrected chi connectivity index (χ2v) is 7.10. The maximum atomic E-state index is 12.8. The Hall–Kier alpha value is -2.10. The van der Waals surface area contributed by atoms with Crippen molar-refractivity contribution < 1.29 is 27.5 Å². The van der Waals surface area contributed by atoms with Crippen molar-refractivity contribution in [2.24, 2.45) is 0 Å². The quantitative estimate of drug-likeness (QED) is 0.495. The number of benzene rings is 2. The molecule has 0 heterocycles. The van der Waals surface area contributed by atoms with Crippen LogP contribution in [0.4, 0.5) is 13.2 Å². The van der Waals surface area contributed by atoms with Crippen LogP contribution in [0.2, 0.25) is 0 Å². The molecule has 0 saturated heterocycles. The first-order valence-electron chi connectivity index (χ1n) is 7.97. The smallest absolute Gasteiger partial charge is 0.416 e. The highest BCUT2D eigenvalue weighted by atomic mass is 127. The standard InChI is InChI=1S/C19H17F3INO3/c1-27-18(26)16(10-13-5-3-7-15(23)9-13)24-17(25)11-12-4-2-6-14(8-12)19(20,21)22/h2-9,16H,10-11H2,1H3,(H,24,25)/t16-/m0/s1. The van der Waals surface area contributed by atoms with Gasteiger partial charge < -0.3 is 10.1 Å². The zero-order valence-electron chi connectivity index (χ0n) is 14.3. The fourth-order valence-electron chi connectivity index (χ4n) is 2.52. The average Bonchev–Trinajstić information content (AvgIpc) is 2.60. The van der Waals surface area contributed by atoms with Crippen molar-refractivity contribution >= 4 is 34.5 Å². The summed E-state index contributed by atoms with van der Waals surface area (Å²) in [6, 6.07) is 11.0. The van der Waals surface area contributed by atoms with Crippen LogP contribution in [-0.4, -0.2) is 25.0 Å². The zero-order chi connectivity index (χ0) is 20.0. The number of rotatable bonds is 6. The predicted molar refractivity (Wildman–Crippen MR) is 102 cm³/mol. The number of esters is 1. The molecule has 0 spiro atoms. The highest BCUT2D eigenvalue weighted by Crippen LogP contribution is 2.29. The second kappa shape index (κ2) is 9.20. The van der Waals surface area contributed by atoms with Gasteiger partial charge in [0.1, 0.15) is 6.04 Å². The summed E-state index contributed by atoms with van der Waals surface area (Å²) in [5.41, 5.74) is 0.216. The molecular weight excluding hydrogens is 474 g/mol. The lowest BCUT2D eigenvalue weighted by molar-refractivity contribution is -0.145. The van der Waals surface area contributed by atoms with Gasteiger partial charge in [0.25, 0.3) is 0 Å². The van der Waals surface area contributed by atoms with Gasteiger partial charge in [0.15, 0.2) is 0 Å². The minimum absolute atomic E-state index is 0.209. The van der Waals surface area contributed by atoms with E-state index in [1.54, 1.807) is 0 Å². The summed E-state index contributed by atoms with van der Waals surface area (Å²) in [5, 5.41) is 2.55. The summed E-state index contributed by atoms with van der Waals surface area (Å²) in [6.45, 7) is 0. The predicted octanol–water partition coefficient (Wildman–Crippen LogP) is 3.75. The summed E-state index contributed by atoms with van der Waals surface area (Å²) in [6.07, 6.45) is -4.53. The van der Waals surface area contributed by atoms with Crippen LogP contribution in [-0.2, 0) is 33.3 Å². The van der Waals surface area contributed by atoms with Gasteiger partial charge in [0, 0.05) is 9.99 Å². The molecule has 1 N–H and O–H groups in total. The molecule has 0 saturated carbocycles. The number of methoxy groups -OCH3 is 1. The maximum absolute atomic E-state index is 12.8. The van der Waals surface area contributed by atoms with E-state index in [2.05, 4.69) is 27.9 Å². The SMILES string of the molecule is COC(=O)[C@H](Cc1cccc(I)c1)NC(=O)Cc1cccc(C(F)(F)F)c1. The van der Waals surface area contributed by atoms with Gasteiger partial charge in [-0.15, -0.1) is 0 Å². The first-order valence-corrected chi connectivity index (χ1v) is 9.04. The number of carbonyl (C=O) groups excluding carboxylic acids is 2. The van der Waals surface area contributed by atoms with Gasteiger partial charge >= 0.3 is 12.1 Å². The summed E-state index contributed by atoms with van der Waals surface area (Å²) < 4.78 is 44.0. The minimum atomic E-state index is -4.48. The van der Waals surface area contributed by atoms with Crippen LogP contribution in [0.15, 0.2) is 48.5 Å². The van der Waals surface area contributed by atoms with Crippen LogP contribution in [0.3, 0.4) is 0 Å². The molecule has 0 radical (unpaired) electrons. The fourth-order valence-corrected chi connectivity index (χ4v) is 3.13. The number of hydrogen-bond donors (Lipinski definition) is 1. The van der Waals surface area contributed by atoms with Gasteiger partial charge in [-0.05, 0) is 51.9 Å². The first-order chi connectivity index (χ1) is 12.7. The van der Waals surface area contributed by atoms with Crippen molar-refractivity contribution in [3.8, 4) is 0 Å². The molecule has 0 aliphatic heterocycles. The molecule has 2 aromatic carbocycles. The third-order valence-corrected chi connectivity index (χ3v) is 4.44. The summed E-state index contributed by atoms with van der Waals surface area (Å²) in [4.78, 5) is 24.2. The molecule has 0 fully saturated rings. The number of alkyl halides is 3. The van der Waals surface area contributed by atoms with E-state index in [0.29, 0.717) is 0 Å². The van der Waals surface area contributed by atoms with Gasteiger partial charge in [0.2, 0.25) is 5.91 Å². The average molecular weight is 491 g/mol. The van der Waals surface area contributed by atoms with Crippen molar-refractivity contribution in [1.82, 2.24) is 5.32 Å². The molecule has 27 heavy (non-hydrogen) atoms. The van der Waals surface area contributed by atoms with Crippen LogP contribution in [0.5, 0.6) is 0 Å². The lowest BCUT2D eigenvalue weighted by Crippen LogP contribution is -2.43. The maximum Gasteiger partial charge on any atom is 0.416 e. The van der Waals surface area contributed by atoms with Crippen LogP contribution in [0, 0.1) is 3.57 Å². The Balaban J connectivity index is 2.09. The molecule has 0 unspecified atom stereocenters. The van der Waals surface area contributed by atoms with Gasteiger partial charge in [-0.1, -0.05) is 30.3 Å². The van der Waals surface area contributed by atoms with Crippen LogP contribution in [0.1, 0.15) is 16.7 Å². The Labute approximate surface area is 168 Å². The van der Waals surface area contributed by atoms with E-state index in [0.717, 1.165) is 21.3 Å². The number of carbonyl (C=O) groups is 2. The molecule has 8 heteroatoms. The minimum Gasteiger partial charge on any atom is -0.467 e. The number of hydrogen-bond acceptors (Lipinski definition) is 3. The summed E-state index contributed by atoms with van der Waals surface area (Å²) in [7, 11) is 1.21. The van der Waals surface area contributed by atoms with Crippen molar-refractivity contribution in [2.45, 2.75) is 25.1 Å². The van der Waals surface area contributed by atoms with Crippen LogP contribution >= 0.6 is 22.6 Å². The fraction of sp³-hybridized carbons (Fsp3) is 0.263. The number of ether oxygens (including phenoxy) is 1. The third kappa shape index (κ3) is 6.53. The Morgan fingerprint density at radius 2 is 1.78 bits per heavy atom. The van der Waals surface area contributed by atoms with E-state index in [-0.39, 0.29) is 18.4 Å². The number of halogens is 4. The largest absolute Gasteiger partial charge is 0.467 e. The Morgan fingerprint density at radius 3 is 2.41 bits per heavy atom. The van der Waals surface area contributed by atoms with E-state index in [9.17, 15) is 22.8 Å². The molecule has 1 amide bonds. The van der Waals surface area contributed by atoms with E-state index in [1.807, 2.05) is 24.3 Å². The molecule has 2 rings (SSSR count). The molecule has 0 bridgehead atoms.